The van der Waals surface area contributed by atoms with Crippen molar-refractivity contribution in [3.63, 3.8) is 0 Å². The van der Waals surface area contributed by atoms with Crippen molar-refractivity contribution in [3.8, 4) is 0 Å². The summed E-state index contributed by atoms with van der Waals surface area (Å²) in [6.07, 6.45) is 0. The lowest BCUT2D eigenvalue weighted by molar-refractivity contribution is 0.0950. The van der Waals surface area contributed by atoms with E-state index in [-0.39, 0.29) is 5.91 Å². The summed E-state index contributed by atoms with van der Waals surface area (Å²) in [6.45, 7) is 0.391. The number of carbonyl (C=O) groups excluding carboxylic acids is 1. The van der Waals surface area contributed by atoms with Crippen LogP contribution in [0.1, 0.15) is 16.2 Å². The lowest BCUT2D eigenvalue weighted by atomic mass is 10.2. The van der Waals surface area contributed by atoms with Crippen LogP contribution in [0.3, 0.4) is 0 Å². The highest BCUT2D eigenvalue weighted by Gasteiger charge is 2.06. The zero-order valence-electron chi connectivity index (χ0n) is 10.3. The predicted molar refractivity (Wildman–Crippen MR) is 73.7 cm³/mol. The molecule has 0 aliphatic rings. The second-order valence-corrected chi connectivity index (χ2v) is 4.25. The van der Waals surface area contributed by atoms with E-state index in [1.54, 1.807) is 12.1 Å². The normalized spacial score (nSPS) is 10.5. The molecule has 1 aromatic heterocycles. The second-order valence-electron chi connectivity index (χ2n) is 4.25. The molecule has 0 atom stereocenters. The number of aromatic amines is 1. The summed E-state index contributed by atoms with van der Waals surface area (Å²) in [6, 6.07) is 16.9. The molecule has 0 aliphatic heterocycles. The highest BCUT2D eigenvalue weighted by Crippen LogP contribution is 2.10. The van der Waals surface area contributed by atoms with E-state index in [4.69, 9.17) is 0 Å². The average molecular weight is 251 g/mol. The van der Waals surface area contributed by atoms with Crippen LogP contribution in [0, 0.1) is 0 Å². The van der Waals surface area contributed by atoms with E-state index in [9.17, 15) is 4.79 Å². The van der Waals surface area contributed by atoms with E-state index in [0.29, 0.717) is 12.1 Å². The molecule has 3 aromatic rings. The first-order valence-electron chi connectivity index (χ1n) is 6.10. The van der Waals surface area contributed by atoms with Crippen LogP contribution in [0.2, 0.25) is 0 Å². The maximum absolute atomic E-state index is 11.9. The summed E-state index contributed by atoms with van der Waals surface area (Å²) in [5, 5.41) is 2.84. The van der Waals surface area contributed by atoms with Crippen molar-refractivity contribution in [3.05, 3.63) is 66.0 Å². The molecule has 0 unspecified atom stereocenters. The zero-order valence-corrected chi connectivity index (χ0v) is 10.3. The third-order valence-electron chi connectivity index (χ3n) is 2.89. The van der Waals surface area contributed by atoms with E-state index >= 15 is 0 Å². The highest BCUT2D eigenvalue weighted by atomic mass is 16.1. The van der Waals surface area contributed by atoms with Gasteiger partial charge in [0.25, 0.3) is 5.91 Å². The van der Waals surface area contributed by atoms with Gasteiger partial charge in [-0.15, -0.1) is 0 Å². The smallest absolute Gasteiger partial charge is 0.251 e. The Kier molecular flexibility index (Phi) is 2.98. The minimum Gasteiger partial charge on any atom is -0.345 e. The summed E-state index contributed by atoms with van der Waals surface area (Å²) < 4.78 is 0. The zero-order chi connectivity index (χ0) is 13.1. The number of amides is 1. The quantitative estimate of drug-likeness (QED) is 0.751. The molecule has 2 N–H and O–H groups in total. The van der Waals surface area contributed by atoms with Crippen LogP contribution in [0.4, 0.5) is 0 Å². The minimum absolute atomic E-state index is 0.0962. The first kappa shape index (κ1) is 11.5. The number of hydrogen-bond acceptors (Lipinski definition) is 2. The van der Waals surface area contributed by atoms with Crippen molar-refractivity contribution in [2.24, 2.45) is 0 Å². The Morgan fingerprint density at radius 3 is 2.58 bits per heavy atom. The van der Waals surface area contributed by atoms with Crippen LogP contribution in [0.25, 0.3) is 11.0 Å². The van der Waals surface area contributed by atoms with Gasteiger partial charge in [0.05, 0.1) is 17.6 Å². The molecule has 0 spiro atoms. The summed E-state index contributed by atoms with van der Waals surface area (Å²) in [4.78, 5) is 19.5. The fourth-order valence-electron chi connectivity index (χ4n) is 1.94. The van der Waals surface area contributed by atoms with Crippen molar-refractivity contribution < 1.29 is 4.79 Å². The molecule has 1 amide bonds. The molecule has 4 nitrogen and oxygen atoms in total. The molecule has 2 aromatic carbocycles. The molecule has 0 fully saturated rings. The molecule has 3 rings (SSSR count). The Morgan fingerprint density at radius 1 is 1.05 bits per heavy atom. The van der Waals surface area contributed by atoms with Gasteiger partial charge in [-0.3, -0.25) is 4.79 Å². The van der Waals surface area contributed by atoms with Gasteiger partial charge in [-0.2, -0.15) is 0 Å². The van der Waals surface area contributed by atoms with Crippen LogP contribution in [-0.4, -0.2) is 15.9 Å². The molecular formula is C15H13N3O. The number of carbonyl (C=O) groups is 1. The summed E-state index contributed by atoms with van der Waals surface area (Å²) >= 11 is 0. The molecule has 94 valence electrons. The number of H-pyrrole nitrogens is 1. The van der Waals surface area contributed by atoms with E-state index in [1.807, 2.05) is 42.5 Å². The van der Waals surface area contributed by atoms with Gasteiger partial charge in [0.2, 0.25) is 0 Å². The maximum atomic E-state index is 11.9. The number of benzene rings is 2. The van der Waals surface area contributed by atoms with Crippen LogP contribution in [0.15, 0.2) is 54.6 Å². The van der Waals surface area contributed by atoms with Crippen molar-refractivity contribution in [1.82, 2.24) is 15.3 Å². The number of imidazole rings is 1. The van der Waals surface area contributed by atoms with Crippen LogP contribution >= 0.6 is 0 Å². The number of rotatable bonds is 3. The molecular weight excluding hydrogens is 238 g/mol. The largest absolute Gasteiger partial charge is 0.345 e. The van der Waals surface area contributed by atoms with Crippen molar-refractivity contribution in [2.45, 2.75) is 6.54 Å². The van der Waals surface area contributed by atoms with Crippen molar-refractivity contribution in [2.75, 3.05) is 0 Å². The Bertz CT molecular complexity index is 670. The first-order valence-corrected chi connectivity index (χ1v) is 6.10. The average Bonchev–Trinajstić information content (AvgIpc) is 2.88. The molecule has 0 saturated heterocycles. The van der Waals surface area contributed by atoms with Crippen molar-refractivity contribution in [1.29, 1.82) is 0 Å². The number of para-hydroxylation sites is 2. The standard InChI is InChI=1S/C15H13N3O/c19-15(11-6-2-1-3-7-11)16-10-14-17-12-8-4-5-9-13(12)18-14/h1-9H,10H2,(H,16,19)(H,17,18). The van der Waals surface area contributed by atoms with Gasteiger partial charge in [-0.1, -0.05) is 30.3 Å². The molecule has 0 bridgehead atoms. The van der Waals surface area contributed by atoms with Crippen LogP contribution < -0.4 is 5.32 Å². The monoisotopic (exact) mass is 251 g/mol. The highest BCUT2D eigenvalue weighted by molar-refractivity contribution is 5.94. The summed E-state index contributed by atoms with van der Waals surface area (Å²) in [5.41, 5.74) is 2.54. The molecule has 19 heavy (non-hydrogen) atoms. The number of fused-ring (bicyclic) bond motifs is 1. The topological polar surface area (TPSA) is 57.8 Å². The fourth-order valence-corrected chi connectivity index (χ4v) is 1.94. The lowest BCUT2D eigenvalue weighted by Crippen LogP contribution is -2.23. The van der Waals surface area contributed by atoms with E-state index in [2.05, 4.69) is 15.3 Å². The van der Waals surface area contributed by atoms with Crippen molar-refractivity contribution >= 4 is 16.9 Å². The van der Waals surface area contributed by atoms with Gasteiger partial charge in [0.1, 0.15) is 5.82 Å². The Morgan fingerprint density at radius 2 is 1.79 bits per heavy atom. The lowest BCUT2D eigenvalue weighted by Gasteiger charge is -2.02. The Labute approximate surface area is 110 Å². The third-order valence-corrected chi connectivity index (χ3v) is 2.89. The van der Waals surface area contributed by atoms with Crippen LogP contribution in [-0.2, 0) is 6.54 Å². The van der Waals surface area contributed by atoms with Gasteiger partial charge >= 0.3 is 0 Å². The van der Waals surface area contributed by atoms with Gasteiger partial charge in [0.15, 0.2) is 0 Å². The maximum Gasteiger partial charge on any atom is 0.251 e. The number of nitrogens with zero attached hydrogens (tertiary/aromatic N) is 1. The van der Waals surface area contributed by atoms with E-state index in [0.717, 1.165) is 16.9 Å². The minimum atomic E-state index is -0.0962. The third kappa shape index (κ3) is 2.47. The van der Waals surface area contributed by atoms with Gasteiger partial charge in [-0.05, 0) is 24.3 Å². The second kappa shape index (κ2) is 4.94. The van der Waals surface area contributed by atoms with Gasteiger partial charge in [-0.25, -0.2) is 4.98 Å². The molecule has 4 heteroatoms. The Hall–Kier alpha value is -2.62. The summed E-state index contributed by atoms with van der Waals surface area (Å²) in [7, 11) is 0. The molecule has 0 aliphatic carbocycles. The molecule has 0 radical (unpaired) electrons. The molecule has 1 heterocycles. The SMILES string of the molecule is O=C(NCc1nc2ccccc2[nH]1)c1ccccc1. The first-order chi connectivity index (χ1) is 9.33. The fraction of sp³-hybridized carbons (Fsp3) is 0.0667. The Balaban J connectivity index is 1.71. The number of hydrogen-bond donors (Lipinski definition) is 2. The summed E-state index contributed by atoms with van der Waals surface area (Å²) in [5.74, 6) is 0.659. The number of aromatic nitrogens is 2. The number of nitrogens with one attached hydrogen (secondary N) is 2. The molecule has 0 saturated carbocycles. The predicted octanol–water partition coefficient (Wildman–Crippen LogP) is 2.49. The van der Waals surface area contributed by atoms with Gasteiger partial charge in [0, 0.05) is 5.56 Å². The van der Waals surface area contributed by atoms with Gasteiger partial charge < -0.3 is 10.3 Å². The van der Waals surface area contributed by atoms with Crippen LogP contribution in [0.5, 0.6) is 0 Å². The van der Waals surface area contributed by atoms with E-state index < -0.39 is 0 Å². The van der Waals surface area contributed by atoms with E-state index in [1.165, 1.54) is 0 Å².